The van der Waals surface area contributed by atoms with Crippen molar-refractivity contribution < 1.29 is 19.2 Å². The predicted octanol–water partition coefficient (Wildman–Crippen LogP) is 7.08. The van der Waals surface area contributed by atoms with Gasteiger partial charge in [-0.2, -0.15) is 12.0 Å². The third-order valence-corrected chi connectivity index (χ3v) is 5.21. The van der Waals surface area contributed by atoms with Crippen LogP contribution in [0.3, 0.4) is 0 Å². The van der Waals surface area contributed by atoms with Gasteiger partial charge in [-0.05, 0) is 5.92 Å². The first-order valence-corrected chi connectivity index (χ1v) is 14.4. The van der Waals surface area contributed by atoms with Crippen molar-refractivity contribution in [2.75, 3.05) is 0 Å². The molecule has 2 saturated carbocycles. The number of allylic oxidation sites excluding steroid dienone is 8. The van der Waals surface area contributed by atoms with Gasteiger partial charge in [-0.3, -0.25) is 6.08 Å². The molecule has 4 aliphatic carbocycles. The average molecular weight is 445 g/mol. The second kappa shape index (κ2) is 14.5. The monoisotopic (exact) mass is 444 g/mol. The van der Waals surface area contributed by atoms with E-state index in [-0.39, 0.29) is 31.0 Å². The molecule has 4 rings (SSSR count). The largest absolute Gasteiger partial charge is 0.147 e. The molecule has 0 aromatic carbocycles. The Balaban J connectivity index is 0.000000415. The first-order chi connectivity index (χ1) is 11.6. The zero-order valence-corrected chi connectivity index (χ0v) is 20.6. The summed E-state index contributed by atoms with van der Waals surface area (Å²) in [5.41, 5.74) is 1.36. The molecule has 0 heterocycles. The fourth-order valence-electron chi connectivity index (χ4n) is 4.15. The van der Waals surface area contributed by atoms with E-state index in [9.17, 15) is 0 Å². The van der Waals surface area contributed by atoms with Crippen molar-refractivity contribution in [3.63, 3.8) is 0 Å². The van der Waals surface area contributed by atoms with Gasteiger partial charge in [-0.1, -0.05) is 63.2 Å². The topological polar surface area (TPSA) is 0 Å². The minimum absolute atomic E-state index is 0. The molecular weight excluding hydrogens is 411 g/mol. The van der Waals surface area contributed by atoms with Crippen LogP contribution in [0, 0.1) is 36.2 Å². The van der Waals surface area contributed by atoms with Crippen molar-refractivity contribution in [1.29, 1.82) is 0 Å². The number of halogens is 2. The van der Waals surface area contributed by atoms with Crippen molar-refractivity contribution in [1.82, 2.24) is 0 Å². The number of hydrogen-bond acceptors (Lipinski definition) is 0. The van der Waals surface area contributed by atoms with Crippen LogP contribution < -0.4 is 0 Å². The maximum Gasteiger partial charge on any atom is -0.147 e. The SMILES string of the molecule is C1=CC2[CH-]C3CCCCC3C2C=C1.CCC1=[C-]CC=C1.C[Si](C)=[Ti+2].Cl.Cl. The maximum absolute atomic E-state index is 3.21. The van der Waals surface area contributed by atoms with Gasteiger partial charge in [0.05, 0.1) is 0 Å². The molecule has 0 radical (unpaired) electrons. The van der Waals surface area contributed by atoms with Gasteiger partial charge in [-0.25, -0.2) is 11.6 Å². The van der Waals surface area contributed by atoms with Gasteiger partial charge in [0.15, 0.2) is 0 Å². The normalized spacial score (nSPS) is 29.5. The molecule has 0 amide bonds. The van der Waals surface area contributed by atoms with E-state index in [1.54, 1.807) is 0 Å². The van der Waals surface area contributed by atoms with E-state index in [0.29, 0.717) is 0 Å². The molecule has 4 heteroatoms. The summed E-state index contributed by atoms with van der Waals surface area (Å²) in [5, 5.41) is 0. The van der Waals surface area contributed by atoms with E-state index in [4.69, 9.17) is 0 Å². The van der Waals surface area contributed by atoms with E-state index in [0.717, 1.165) is 36.5 Å². The molecule has 0 bridgehead atoms. The third kappa shape index (κ3) is 8.65. The standard InChI is InChI=1S/C13H17.C7H9.C2H6Si.2ClH.Ti/c1-3-7-12-10(5-1)9-11-6-2-4-8-13(11)12;1-2-7-5-3-4-6-7;1-3-2;;;/h1,3,5,7,9-13H,2,4,6,8H2;3,5H,2,4H2,1H3;1-2H3;2*1H;/q2*-1;;;;+2. The van der Waals surface area contributed by atoms with Crippen LogP contribution in [0.1, 0.15) is 45.4 Å². The number of fused-ring (bicyclic) bond motifs is 3. The minimum Gasteiger partial charge on any atom is -0.147 e. The summed E-state index contributed by atoms with van der Waals surface area (Å²) in [6.07, 6.45) is 27.5. The summed E-state index contributed by atoms with van der Waals surface area (Å²) in [6.45, 7) is 6.69. The molecule has 0 spiro atoms. The van der Waals surface area contributed by atoms with Crippen LogP contribution in [-0.4, -0.2) is 6.19 Å². The molecule has 4 atom stereocenters. The van der Waals surface area contributed by atoms with Gasteiger partial charge >= 0.3 is 38.5 Å². The van der Waals surface area contributed by atoms with Crippen LogP contribution >= 0.6 is 24.8 Å². The first-order valence-electron chi connectivity index (χ1n) is 9.59. The first kappa shape index (κ1) is 26.5. The molecular formula is C22H34Cl2SiTi. The Morgan fingerprint density at radius 2 is 1.81 bits per heavy atom. The van der Waals surface area contributed by atoms with Crippen molar-refractivity contribution in [3.05, 3.63) is 54.5 Å². The second-order valence-electron chi connectivity index (χ2n) is 7.39. The molecule has 26 heavy (non-hydrogen) atoms. The van der Waals surface area contributed by atoms with E-state index in [1.807, 2.05) is 0 Å². The van der Waals surface area contributed by atoms with Gasteiger partial charge in [0.1, 0.15) is 0 Å². The Morgan fingerprint density at radius 3 is 2.38 bits per heavy atom. The molecule has 0 aromatic heterocycles. The molecule has 2 fully saturated rings. The Labute approximate surface area is 186 Å². The Morgan fingerprint density at radius 1 is 1.15 bits per heavy atom. The van der Waals surface area contributed by atoms with Gasteiger partial charge in [0.25, 0.3) is 0 Å². The zero-order chi connectivity index (χ0) is 17.4. The molecule has 4 unspecified atom stereocenters. The molecule has 0 N–H and O–H groups in total. The number of rotatable bonds is 1. The summed E-state index contributed by atoms with van der Waals surface area (Å²) in [7, 11) is 0. The van der Waals surface area contributed by atoms with Crippen LogP contribution in [0.2, 0.25) is 13.1 Å². The third-order valence-electron chi connectivity index (χ3n) is 5.21. The quantitative estimate of drug-likeness (QED) is 0.299. The minimum atomic E-state index is 0. The molecule has 0 aromatic rings. The van der Waals surface area contributed by atoms with E-state index < -0.39 is 0 Å². The van der Waals surface area contributed by atoms with Crippen LogP contribution in [0.15, 0.2) is 42.0 Å². The Kier molecular flexibility index (Phi) is 14.7. The van der Waals surface area contributed by atoms with E-state index in [1.165, 1.54) is 31.3 Å². The summed E-state index contributed by atoms with van der Waals surface area (Å²) < 4.78 is 0. The van der Waals surface area contributed by atoms with Crippen molar-refractivity contribution in [2.45, 2.75) is 58.5 Å². The molecule has 4 aliphatic rings. The van der Waals surface area contributed by atoms with Crippen LogP contribution in [0.4, 0.5) is 0 Å². The van der Waals surface area contributed by atoms with Gasteiger partial charge in [0.2, 0.25) is 0 Å². The fourth-order valence-corrected chi connectivity index (χ4v) is 4.15. The summed E-state index contributed by atoms with van der Waals surface area (Å²) in [6, 6.07) is 0. The summed E-state index contributed by atoms with van der Waals surface area (Å²) >= 11 is 2.27. The van der Waals surface area contributed by atoms with Gasteiger partial charge < -0.3 is 6.42 Å². The molecule has 0 nitrogen and oxygen atoms in total. The zero-order valence-electron chi connectivity index (χ0n) is 16.4. The Hall–Kier alpha value is 0.471. The van der Waals surface area contributed by atoms with Gasteiger partial charge in [0, 0.05) is 0 Å². The van der Waals surface area contributed by atoms with Crippen molar-refractivity contribution in [2.24, 2.45) is 23.7 Å². The number of hydrogen-bond donors (Lipinski definition) is 0. The molecule has 0 saturated heterocycles. The van der Waals surface area contributed by atoms with Crippen LogP contribution in [0.25, 0.3) is 0 Å². The maximum atomic E-state index is 3.21. The molecule has 0 aliphatic heterocycles. The Bertz CT molecular complexity index is 532. The van der Waals surface area contributed by atoms with E-state index in [2.05, 4.69) is 88.1 Å². The van der Waals surface area contributed by atoms with E-state index >= 15 is 0 Å². The van der Waals surface area contributed by atoms with Crippen molar-refractivity contribution in [3.8, 4) is 0 Å². The van der Waals surface area contributed by atoms with Crippen molar-refractivity contribution >= 4 is 31.0 Å². The smallest absolute Gasteiger partial charge is 0.147 e. The second-order valence-corrected chi connectivity index (χ2v) is 14.1. The summed E-state index contributed by atoms with van der Waals surface area (Å²) in [5.74, 6) is 3.56. The summed E-state index contributed by atoms with van der Waals surface area (Å²) in [4.78, 5) is 0. The van der Waals surface area contributed by atoms with Gasteiger partial charge in [-0.15, -0.1) is 43.2 Å². The average Bonchev–Trinajstić information content (AvgIpc) is 3.22. The van der Waals surface area contributed by atoms with Crippen LogP contribution in [0.5, 0.6) is 0 Å². The fraction of sp³-hybridized carbons (Fsp3) is 0.591. The van der Waals surface area contributed by atoms with Crippen LogP contribution in [-0.2, 0) is 19.2 Å². The molecule has 144 valence electrons. The predicted molar refractivity (Wildman–Crippen MR) is 118 cm³/mol.